The number of benzene rings is 1. The quantitative estimate of drug-likeness (QED) is 0.362. The minimum Gasteiger partial charge on any atom is -0.511 e. The molecule has 0 radical (unpaired) electrons. The minimum atomic E-state index is -1.04. The molecule has 0 saturated carbocycles. The van der Waals surface area contributed by atoms with Crippen LogP contribution in [0.4, 0.5) is 8.78 Å². The van der Waals surface area contributed by atoms with Gasteiger partial charge in [-0.3, -0.25) is 4.79 Å². The van der Waals surface area contributed by atoms with Crippen molar-refractivity contribution in [3.63, 3.8) is 0 Å². The van der Waals surface area contributed by atoms with Crippen molar-refractivity contribution in [2.45, 2.75) is 6.92 Å². The molecule has 0 unspecified atom stereocenters. The van der Waals surface area contributed by atoms with Crippen molar-refractivity contribution in [1.82, 2.24) is 0 Å². The van der Waals surface area contributed by atoms with Gasteiger partial charge in [0.15, 0.2) is 0 Å². The van der Waals surface area contributed by atoms with Gasteiger partial charge in [-0.1, -0.05) is 0 Å². The number of nitriles is 1. The van der Waals surface area contributed by atoms with E-state index in [-0.39, 0.29) is 0 Å². The molecule has 16 heavy (non-hydrogen) atoms. The smallest absolute Gasteiger partial charge is 0.210 e. The van der Waals surface area contributed by atoms with Crippen LogP contribution in [0.25, 0.3) is 0 Å². The maximum Gasteiger partial charge on any atom is 0.210 e. The van der Waals surface area contributed by atoms with Crippen LogP contribution >= 0.6 is 0 Å². The molecule has 0 aromatic heterocycles. The molecule has 1 N–H and O–H groups in total. The number of carbonyl (C=O) groups is 1. The van der Waals surface area contributed by atoms with Crippen molar-refractivity contribution < 1.29 is 18.7 Å². The number of carbonyl (C=O) groups excluding carboxylic acids is 1. The van der Waals surface area contributed by atoms with Gasteiger partial charge < -0.3 is 5.11 Å². The second-order valence-corrected chi connectivity index (χ2v) is 3.03. The van der Waals surface area contributed by atoms with Crippen molar-refractivity contribution in [3.05, 3.63) is 46.7 Å². The Morgan fingerprint density at radius 1 is 1.44 bits per heavy atom. The summed E-state index contributed by atoms with van der Waals surface area (Å²) in [6, 6.07) is 3.75. The van der Waals surface area contributed by atoms with Crippen molar-refractivity contribution in [1.29, 1.82) is 5.26 Å². The van der Waals surface area contributed by atoms with Crippen LogP contribution < -0.4 is 0 Å². The van der Waals surface area contributed by atoms with Crippen LogP contribution in [0.2, 0.25) is 0 Å². The number of hydrogen-bond acceptors (Lipinski definition) is 3. The topological polar surface area (TPSA) is 61.1 Å². The maximum atomic E-state index is 13.2. The maximum absolute atomic E-state index is 13.2. The van der Waals surface area contributed by atoms with E-state index in [4.69, 9.17) is 10.4 Å². The van der Waals surface area contributed by atoms with Crippen LogP contribution in [0.5, 0.6) is 0 Å². The van der Waals surface area contributed by atoms with Gasteiger partial charge in [-0.15, -0.1) is 0 Å². The van der Waals surface area contributed by atoms with Gasteiger partial charge in [0.25, 0.3) is 0 Å². The van der Waals surface area contributed by atoms with E-state index in [1.165, 1.54) is 6.07 Å². The summed E-state index contributed by atoms with van der Waals surface area (Å²) in [4.78, 5) is 11.5. The van der Waals surface area contributed by atoms with Gasteiger partial charge >= 0.3 is 0 Å². The monoisotopic (exact) mass is 223 g/mol. The molecule has 0 aliphatic carbocycles. The van der Waals surface area contributed by atoms with Gasteiger partial charge in [0.05, 0.1) is 5.56 Å². The molecule has 0 fully saturated rings. The molecule has 1 rings (SSSR count). The Morgan fingerprint density at radius 2 is 2.06 bits per heavy atom. The number of nitrogens with zero attached hydrogens (tertiary/aromatic N) is 1. The lowest BCUT2D eigenvalue weighted by molar-refractivity contribution is 0.103. The number of rotatable bonds is 2. The van der Waals surface area contributed by atoms with E-state index >= 15 is 0 Å². The first-order valence-electron chi connectivity index (χ1n) is 4.27. The van der Waals surface area contributed by atoms with Crippen LogP contribution in [0.3, 0.4) is 0 Å². The lowest BCUT2D eigenvalue weighted by Crippen LogP contribution is -2.07. The Kier molecular flexibility index (Phi) is 3.36. The van der Waals surface area contributed by atoms with Crippen molar-refractivity contribution in [2.75, 3.05) is 0 Å². The Morgan fingerprint density at radius 3 is 2.56 bits per heavy atom. The molecule has 1 aromatic rings. The van der Waals surface area contributed by atoms with Gasteiger partial charge in [-0.05, 0) is 25.1 Å². The molecule has 82 valence electrons. The molecule has 0 bridgehead atoms. The first-order chi connectivity index (χ1) is 7.47. The molecule has 1 aromatic carbocycles. The number of hydrogen-bond donors (Lipinski definition) is 1. The molecule has 0 saturated heterocycles. The Balaban J connectivity index is 3.31. The predicted molar refractivity (Wildman–Crippen MR) is 51.6 cm³/mol. The van der Waals surface area contributed by atoms with Gasteiger partial charge in [0.1, 0.15) is 29.0 Å². The number of halogens is 2. The second kappa shape index (κ2) is 4.53. The highest BCUT2D eigenvalue weighted by Crippen LogP contribution is 2.15. The predicted octanol–water partition coefficient (Wildman–Crippen LogP) is 2.50. The third kappa shape index (κ3) is 2.23. The van der Waals surface area contributed by atoms with Gasteiger partial charge in [-0.2, -0.15) is 5.26 Å². The SMILES string of the molecule is C/C(O)=C(/C#N)C(=O)c1cc(F)ccc1F. The van der Waals surface area contributed by atoms with Gasteiger partial charge in [0, 0.05) is 0 Å². The molecule has 0 aliphatic rings. The molecule has 0 aliphatic heterocycles. The largest absolute Gasteiger partial charge is 0.511 e. The van der Waals surface area contributed by atoms with E-state index in [9.17, 15) is 13.6 Å². The lowest BCUT2D eigenvalue weighted by Gasteiger charge is -2.02. The van der Waals surface area contributed by atoms with Crippen LogP contribution in [0.15, 0.2) is 29.5 Å². The highest BCUT2D eigenvalue weighted by molar-refractivity contribution is 6.11. The highest BCUT2D eigenvalue weighted by atomic mass is 19.1. The van der Waals surface area contributed by atoms with Gasteiger partial charge in [-0.25, -0.2) is 8.78 Å². The minimum absolute atomic E-state index is 0.531. The molecule has 0 amide bonds. The van der Waals surface area contributed by atoms with Crippen LogP contribution in [0.1, 0.15) is 17.3 Å². The zero-order valence-electron chi connectivity index (χ0n) is 8.29. The summed E-state index contributed by atoms with van der Waals surface area (Å²) in [7, 11) is 0. The fraction of sp³-hybridized carbons (Fsp3) is 0.0909. The lowest BCUT2D eigenvalue weighted by atomic mass is 10.0. The molecule has 3 nitrogen and oxygen atoms in total. The fourth-order valence-corrected chi connectivity index (χ4v) is 1.10. The van der Waals surface area contributed by atoms with Crippen molar-refractivity contribution in [2.24, 2.45) is 0 Å². The molecular weight excluding hydrogens is 216 g/mol. The summed E-state index contributed by atoms with van der Waals surface area (Å²) in [6.45, 7) is 1.12. The summed E-state index contributed by atoms with van der Waals surface area (Å²) in [6.07, 6.45) is 0. The summed E-state index contributed by atoms with van der Waals surface area (Å²) >= 11 is 0. The zero-order valence-corrected chi connectivity index (χ0v) is 8.29. The average molecular weight is 223 g/mol. The van der Waals surface area contributed by atoms with E-state index < -0.39 is 34.3 Å². The van der Waals surface area contributed by atoms with Crippen LogP contribution in [-0.2, 0) is 0 Å². The van der Waals surface area contributed by atoms with E-state index in [2.05, 4.69) is 0 Å². The van der Waals surface area contributed by atoms with E-state index in [0.29, 0.717) is 6.07 Å². The number of aliphatic hydroxyl groups is 1. The summed E-state index contributed by atoms with van der Waals surface area (Å²) in [5.74, 6) is -3.31. The first-order valence-corrected chi connectivity index (χ1v) is 4.27. The molecular formula is C11H7F2NO2. The first kappa shape index (κ1) is 11.9. The van der Waals surface area contributed by atoms with E-state index in [1.54, 1.807) is 0 Å². The highest BCUT2D eigenvalue weighted by Gasteiger charge is 2.19. The van der Waals surface area contributed by atoms with Crippen molar-refractivity contribution in [3.8, 4) is 6.07 Å². The van der Waals surface area contributed by atoms with Gasteiger partial charge in [0.2, 0.25) is 5.78 Å². The normalized spacial score (nSPS) is 11.6. The summed E-state index contributed by atoms with van der Waals surface area (Å²) in [5.41, 5.74) is -1.19. The zero-order chi connectivity index (χ0) is 12.3. The van der Waals surface area contributed by atoms with Crippen LogP contribution in [0, 0.1) is 23.0 Å². The Hall–Kier alpha value is -2.22. The fourth-order valence-electron chi connectivity index (χ4n) is 1.10. The number of Topliss-reactive ketones (excluding diaryl/α,β-unsaturated/α-hetero) is 1. The number of aliphatic hydroxyl groups excluding tert-OH is 1. The van der Waals surface area contributed by atoms with Crippen molar-refractivity contribution >= 4 is 5.78 Å². The number of allylic oxidation sites excluding steroid dienone is 2. The Bertz CT molecular complexity index is 511. The third-order valence-electron chi connectivity index (χ3n) is 1.87. The molecule has 0 spiro atoms. The van der Waals surface area contributed by atoms with E-state index in [0.717, 1.165) is 19.1 Å². The summed E-state index contributed by atoms with van der Waals surface area (Å²) in [5, 5.41) is 17.6. The molecule has 5 heteroatoms. The molecule has 0 atom stereocenters. The second-order valence-electron chi connectivity index (χ2n) is 3.03. The number of ketones is 1. The van der Waals surface area contributed by atoms with E-state index in [1.807, 2.05) is 0 Å². The average Bonchev–Trinajstić information content (AvgIpc) is 2.22. The molecule has 0 heterocycles. The Labute approximate surface area is 90.2 Å². The van der Waals surface area contributed by atoms with Crippen LogP contribution in [-0.4, -0.2) is 10.9 Å². The standard InChI is InChI=1S/C11H7F2NO2/c1-6(15)9(5-14)11(16)8-4-7(12)2-3-10(8)13/h2-4,15H,1H3/b9-6+. The summed E-state index contributed by atoms with van der Waals surface area (Å²) < 4.78 is 26.0. The third-order valence-corrected chi connectivity index (χ3v) is 1.87.